The van der Waals surface area contributed by atoms with Crippen LogP contribution >= 0.6 is 0 Å². The highest BCUT2D eigenvalue weighted by molar-refractivity contribution is 5.96. The molecule has 0 spiro atoms. The van der Waals surface area contributed by atoms with Gasteiger partial charge >= 0.3 is 5.97 Å². The van der Waals surface area contributed by atoms with Crippen LogP contribution in [0.1, 0.15) is 17.3 Å². The molecule has 9 nitrogen and oxygen atoms in total. The number of nitrogens with zero attached hydrogens (tertiary/aromatic N) is 2. The molecule has 1 amide bonds. The van der Waals surface area contributed by atoms with Gasteiger partial charge in [-0.25, -0.2) is 0 Å². The van der Waals surface area contributed by atoms with Gasteiger partial charge in [-0.3, -0.25) is 24.5 Å². The number of likely N-dealkylation sites (N-methyl/N-ethyl adjacent to an activating group) is 1. The summed E-state index contributed by atoms with van der Waals surface area (Å²) in [5, 5.41) is 10.6. The number of methoxy groups -OCH3 is 1. The molecule has 0 aliphatic rings. The molecule has 1 heterocycles. The van der Waals surface area contributed by atoms with E-state index in [1.54, 1.807) is 6.92 Å². The second-order valence-electron chi connectivity index (χ2n) is 3.75. The molecule has 20 heavy (non-hydrogen) atoms. The first-order valence-electron chi connectivity index (χ1n) is 5.63. The van der Waals surface area contributed by atoms with Crippen molar-refractivity contribution in [3.63, 3.8) is 0 Å². The molecule has 9 heteroatoms. The zero-order valence-corrected chi connectivity index (χ0v) is 10.9. The molecule has 0 saturated carbocycles. The largest absolute Gasteiger partial charge is 0.468 e. The molecule has 0 unspecified atom stereocenters. The topological polar surface area (TPSA) is 123 Å². The fourth-order valence-electron chi connectivity index (χ4n) is 1.45. The summed E-state index contributed by atoms with van der Waals surface area (Å²) in [7, 11) is 1.17. The monoisotopic (exact) mass is 283 g/mol. The quantitative estimate of drug-likeness (QED) is 0.458. The highest BCUT2D eigenvalue weighted by Gasteiger charge is 2.22. The number of ether oxygens (including phenoxy) is 1. The number of amides is 1. The van der Waals surface area contributed by atoms with Crippen molar-refractivity contribution >= 4 is 17.6 Å². The van der Waals surface area contributed by atoms with Crippen molar-refractivity contribution in [3.05, 3.63) is 38.3 Å². The maximum atomic E-state index is 12.1. The molecule has 0 atom stereocenters. The van der Waals surface area contributed by atoms with E-state index in [2.05, 4.69) is 9.72 Å². The number of nitro groups is 1. The minimum absolute atomic E-state index is 0.149. The van der Waals surface area contributed by atoms with Gasteiger partial charge in [0.15, 0.2) is 0 Å². The summed E-state index contributed by atoms with van der Waals surface area (Å²) in [6.45, 7) is 1.41. The van der Waals surface area contributed by atoms with Gasteiger partial charge in [-0.05, 0) is 6.92 Å². The maximum Gasteiger partial charge on any atom is 0.325 e. The lowest BCUT2D eigenvalue weighted by molar-refractivity contribution is -0.385. The minimum Gasteiger partial charge on any atom is -0.468 e. The van der Waals surface area contributed by atoms with Gasteiger partial charge in [0.2, 0.25) is 0 Å². The molecular formula is C11H13N3O6. The lowest BCUT2D eigenvalue weighted by Crippen LogP contribution is -2.38. The van der Waals surface area contributed by atoms with Gasteiger partial charge < -0.3 is 14.6 Å². The number of rotatable bonds is 5. The molecule has 1 N–H and O–H groups in total. The van der Waals surface area contributed by atoms with E-state index in [9.17, 15) is 24.5 Å². The molecule has 0 saturated heterocycles. The van der Waals surface area contributed by atoms with Gasteiger partial charge in [-0.2, -0.15) is 0 Å². The lowest BCUT2D eigenvalue weighted by Gasteiger charge is -2.18. The summed E-state index contributed by atoms with van der Waals surface area (Å²) >= 11 is 0. The smallest absolute Gasteiger partial charge is 0.325 e. The van der Waals surface area contributed by atoms with E-state index in [1.807, 2.05) is 0 Å². The summed E-state index contributed by atoms with van der Waals surface area (Å²) in [6.07, 6.45) is 0.899. The molecule has 0 radical (unpaired) electrons. The van der Waals surface area contributed by atoms with Crippen molar-refractivity contribution in [3.8, 4) is 0 Å². The SMILES string of the molecule is CCN(CC(=O)OC)C(=O)c1cc([N+](=O)[O-])c[nH]c1=O. The molecule has 0 aromatic carbocycles. The van der Waals surface area contributed by atoms with E-state index >= 15 is 0 Å². The average Bonchev–Trinajstić information content (AvgIpc) is 2.43. The third-order valence-electron chi connectivity index (χ3n) is 2.55. The van der Waals surface area contributed by atoms with Crippen LogP contribution in [0.2, 0.25) is 0 Å². The summed E-state index contributed by atoms with van der Waals surface area (Å²) < 4.78 is 4.43. The van der Waals surface area contributed by atoms with Crippen molar-refractivity contribution in [2.24, 2.45) is 0 Å². The molecule has 108 valence electrons. The minimum atomic E-state index is -0.775. The number of H-pyrrole nitrogens is 1. The van der Waals surface area contributed by atoms with E-state index in [4.69, 9.17) is 0 Å². The average molecular weight is 283 g/mol. The predicted molar refractivity (Wildman–Crippen MR) is 67.3 cm³/mol. The number of carbonyl (C=O) groups is 2. The molecular weight excluding hydrogens is 270 g/mol. The van der Waals surface area contributed by atoms with Gasteiger partial charge in [0.1, 0.15) is 12.1 Å². The number of hydrogen-bond donors (Lipinski definition) is 1. The molecule has 1 aromatic rings. The van der Waals surface area contributed by atoms with Crippen LogP contribution in [0.5, 0.6) is 0 Å². The fourth-order valence-corrected chi connectivity index (χ4v) is 1.45. The Balaban J connectivity index is 3.12. The van der Waals surface area contributed by atoms with Gasteiger partial charge in [0, 0.05) is 12.6 Å². The third-order valence-corrected chi connectivity index (χ3v) is 2.55. The van der Waals surface area contributed by atoms with Crippen LogP contribution in [0.25, 0.3) is 0 Å². The fraction of sp³-hybridized carbons (Fsp3) is 0.364. The van der Waals surface area contributed by atoms with E-state index in [-0.39, 0.29) is 13.1 Å². The molecule has 1 rings (SSSR count). The van der Waals surface area contributed by atoms with Crippen molar-refractivity contribution in [1.29, 1.82) is 0 Å². The van der Waals surface area contributed by atoms with Crippen LogP contribution in [0.3, 0.4) is 0 Å². The Hall–Kier alpha value is -2.71. The Morgan fingerprint density at radius 1 is 1.50 bits per heavy atom. The number of hydrogen-bond acceptors (Lipinski definition) is 6. The number of aromatic nitrogens is 1. The first kappa shape index (κ1) is 15.3. The number of nitrogens with one attached hydrogen (secondary N) is 1. The van der Waals surface area contributed by atoms with E-state index in [0.717, 1.165) is 17.2 Å². The molecule has 0 bridgehead atoms. The van der Waals surface area contributed by atoms with Crippen LogP contribution in [0.4, 0.5) is 5.69 Å². The van der Waals surface area contributed by atoms with Crippen LogP contribution in [-0.4, -0.2) is 46.9 Å². The maximum absolute atomic E-state index is 12.1. The second-order valence-corrected chi connectivity index (χ2v) is 3.75. The Labute approximate surface area is 113 Å². The Kier molecular flexibility index (Phi) is 4.95. The number of carbonyl (C=O) groups excluding carboxylic acids is 2. The predicted octanol–water partition coefficient (Wildman–Crippen LogP) is -0.0818. The number of esters is 1. The van der Waals surface area contributed by atoms with Crippen molar-refractivity contribution < 1.29 is 19.2 Å². The van der Waals surface area contributed by atoms with Crippen LogP contribution in [0.15, 0.2) is 17.1 Å². The first-order chi connectivity index (χ1) is 9.40. The molecule has 0 aliphatic heterocycles. The van der Waals surface area contributed by atoms with E-state index < -0.39 is 33.6 Å². The zero-order valence-electron chi connectivity index (χ0n) is 10.9. The van der Waals surface area contributed by atoms with Gasteiger partial charge in [0.05, 0.1) is 18.2 Å². The van der Waals surface area contributed by atoms with E-state index in [1.165, 1.54) is 7.11 Å². The second kappa shape index (κ2) is 6.45. The normalized spacial score (nSPS) is 9.90. The Morgan fingerprint density at radius 3 is 2.65 bits per heavy atom. The number of aromatic amines is 1. The van der Waals surface area contributed by atoms with Gasteiger partial charge in [-0.1, -0.05) is 0 Å². The van der Waals surface area contributed by atoms with Crippen LogP contribution in [-0.2, 0) is 9.53 Å². The molecule has 0 aliphatic carbocycles. The Bertz CT molecular complexity index is 594. The first-order valence-corrected chi connectivity index (χ1v) is 5.63. The zero-order chi connectivity index (χ0) is 15.3. The summed E-state index contributed by atoms with van der Waals surface area (Å²) in [5.74, 6) is -1.43. The standard InChI is InChI=1S/C11H13N3O6/c1-3-13(6-9(15)20-2)11(17)8-4-7(14(18)19)5-12-10(8)16/h4-5H,3,6H2,1-2H3,(H,12,16). The Morgan fingerprint density at radius 2 is 2.15 bits per heavy atom. The molecule has 0 fully saturated rings. The van der Waals surface area contributed by atoms with Crippen LogP contribution < -0.4 is 5.56 Å². The summed E-state index contributed by atoms with van der Waals surface area (Å²) in [5.41, 5.74) is -1.57. The van der Waals surface area contributed by atoms with Crippen molar-refractivity contribution in [2.45, 2.75) is 6.92 Å². The highest BCUT2D eigenvalue weighted by atomic mass is 16.6. The summed E-state index contributed by atoms with van der Waals surface area (Å²) in [4.78, 5) is 47.9. The van der Waals surface area contributed by atoms with Gasteiger partial charge in [0.25, 0.3) is 17.2 Å². The van der Waals surface area contributed by atoms with E-state index in [0.29, 0.717) is 0 Å². The van der Waals surface area contributed by atoms with Crippen LogP contribution in [0, 0.1) is 10.1 Å². The van der Waals surface area contributed by atoms with Gasteiger partial charge in [-0.15, -0.1) is 0 Å². The van der Waals surface area contributed by atoms with Crippen molar-refractivity contribution in [2.75, 3.05) is 20.2 Å². The summed E-state index contributed by atoms with van der Waals surface area (Å²) in [6, 6.07) is 0.876. The molecule has 1 aromatic heterocycles. The lowest BCUT2D eigenvalue weighted by atomic mass is 10.2. The third kappa shape index (κ3) is 3.40. The highest BCUT2D eigenvalue weighted by Crippen LogP contribution is 2.10. The number of pyridine rings is 1. The van der Waals surface area contributed by atoms with Crippen molar-refractivity contribution in [1.82, 2.24) is 9.88 Å².